The Hall–Kier alpha value is -0.0800. The Kier molecular flexibility index (Phi) is 4.90. The molecule has 0 aromatic heterocycles. The summed E-state index contributed by atoms with van der Waals surface area (Å²) in [5, 5.41) is 13.1. The van der Waals surface area contributed by atoms with Gasteiger partial charge in [-0.15, -0.1) is 0 Å². The smallest absolute Gasteiger partial charge is 0.0541 e. The van der Waals surface area contributed by atoms with Crippen molar-refractivity contribution in [1.29, 1.82) is 0 Å². The average Bonchev–Trinajstić information content (AvgIpc) is 2.16. The molecular formula is C12H25NO. The number of rotatable bonds is 4. The molecule has 1 atom stereocenters. The summed E-state index contributed by atoms with van der Waals surface area (Å²) in [6.45, 7) is 6.80. The maximum Gasteiger partial charge on any atom is 0.0541 e. The van der Waals surface area contributed by atoms with E-state index in [1.165, 1.54) is 6.42 Å². The Bertz CT molecular complexity index is 150. The van der Waals surface area contributed by atoms with E-state index in [1.54, 1.807) is 0 Å². The number of aliphatic hydroxyl groups is 1. The quantitative estimate of drug-likeness (QED) is 0.728. The van der Waals surface area contributed by atoms with Crippen molar-refractivity contribution in [3.8, 4) is 0 Å². The number of hydrogen-bond donors (Lipinski definition) is 2. The van der Waals surface area contributed by atoms with Gasteiger partial charge in [0.05, 0.1) is 6.10 Å². The van der Waals surface area contributed by atoms with Crippen LogP contribution in [0.3, 0.4) is 0 Å². The molecule has 2 heteroatoms. The minimum Gasteiger partial charge on any atom is -0.393 e. The molecule has 1 saturated carbocycles. The van der Waals surface area contributed by atoms with E-state index < -0.39 is 0 Å². The van der Waals surface area contributed by atoms with Crippen LogP contribution in [0.1, 0.15) is 52.9 Å². The molecule has 1 fully saturated rings. The van der Waals surface area contributed by atoms with Crippen LogP contribution >= 0.6 is 0 Å². The van der Waals surface area contributed by atoms with Gasteiger partial charge in [-0.1, -0.05) is 20.8 Å². The summed E-state index contributed by atoms with van der Waals surface area (Å²) in [6.07, 6.45) is 5.41. The van der Waals surface area contributed by atoms with Gasteiger partial charge < -0.3 is 10.4 Å². The van der Waals surface area contributed by atoms with Crippen LogP contribution in [-0.2, 0) is 0 Å². The highest BCUT2D eigenvalue weighted by Gasteiger charge is 2.22. The van der Waals surface area contributed by atoms with Gasteiger partial charge >= 0.3 is 0 Å². The van der Waals surface area contributed by atoms with Gasteiger partial charge in [0, 0.05) is 12.1 Å². The zero-order chi connectivity index (χ0) is 10.6. The molecule has 0 heterocycles. The van der Waals surface area contributed by atoms with Gasteiger partial charge in [0.2, 0.25) is 0 Å². The number of nitrogens with one attached hydrogen (secondary N) is 1. The first-order valence-electron chi connectivity index (χ1n) is 6.07. The van der Waals surface area contributed by atoms with E-state index in [4.69, 9.17) is 0 Å². The Labute approximate surface area is 88.1 Å². The van der Waals surface area contributed by atoms with Crippen LogP contribution in [0.25, 0.3) is 0 Å². The Morgan fingerprint density at radius 3 is 2.21 bits per heavy atom. The van der Waals surface area contributed by atoms with Crippen molar-refractivity contribution >= 4 is 0 Å². The Balaban J connectivity index is 2.29. The molecular weight excluding hydrogens is 174 g/mol. The largest absolute Gasteiger partial charge is 0.393 e. The second-order valence-electron chi connectivity index (χ2n) is 4.93. The molecule has 1 rings (SSSR count). The molecule has 1 aliphatic rings. The van der Waals surface area contributed by atoms with E-state index in [0.717, 1.165) is 25.7 Å². The monoisotopic (exact) mass is 199 g/mol. The second kappa shape index (κ2) is 5.72. The lowest BCUT2D eigenvalue weighted by molar-refractivity contribution is 0.112. The fourth-order valence-corrected chi connectivity index (χ4v) is 2.33. The van der Waals surface area contributed by atoms with Crippen molar-refractivity contribution in [3.05, 3.63) is 0 Å². The molecule has 14 heavy (non-hydrogen) atoms. The average molecular weight is 199 g/mol. The van der Waals surface area contributed by atoms with Crippen molar-refractivity contribution in [3.63, 3.8) is 0 Å². The summed E-state index contributed by atoms with van der Waals surface area (Å²) in [6, 6.07) is 1.29. The Morgan fingerprint density at radius 2 is 1.79 bits per heavy atom. The highest BCUT2D eigenvalue weighted by Crippen LogP contribution is 2.20. The minimum absolute atomic E-state index is 0.0350. The van der Waals surface area contributed by atoms with Gasteiger partial charge in [-0.05, 0) is 38.0 Å². The lowest BCUT2D eigenvalue weighted by Gasteiger charge is -2.31. The topological polar surface area (TPSA) is 32.3 Å². The third-order valence-corrected chi connectivity index (χ3v) is 3.39. The van der Waals surface area contributed by atoms with Crippen LogP contribution in [0.15, 0.2) is 0 Å². The summed E-state index contributed by atoms with van der Waals surface area (Å²) in [5.74, 6) is 0.715. The van der Waals surface area contributed by atoms with Crippen molar-refractivity contribution in [1.82, 2.24) is 5.32 Å². The van der Waals surface area contributed by atoms with Crippen LogP contribution in [0.5, 0.6) is 0 Å². The van der Waals surface area contributed by atoms with Gasteiger partial charge in [-0.3, -0.25) is 0 Å². The van der Waals surface area contributed by atoms with E-state index in [0.29, 0.717) is 18.0 Å². The molecule has 0 unspecified atom stereocenters. The molecule has 2 N–H and O–H groups in total. The normalized spacial score (nSPS) is 30.6. The van der Waals surface area contributed by atoms with E-state index in [1.807, 2.05) is 0 Å². The third kappa shape index (κ3) is 3.58. The van der Waals surface area contributed by atoms with Crippen LogP contribution in [0.2, 0.25) is 0 Å². The van der Waals surface area contributed by atoms with E-state index in [2.05, 4.69) is 26.1 Å². The molecule has 0 aromatic carbocycles. The number of hydrogen-bond acceptors (Lipinski definition) is 2. The van der Waals surface area contributed by atoms with E-state index >= 15 is 0 Å². The lowest BCUT2D eigenvalue weighted by atomic mass is 9.91. The lowest BCUT2D eigenvalue weighted by Crippen LogP contribution is -2.43. The SMILES string of the molecule is CC[C@@H](NC1CCC(O)CC1)C(C)C. The summed E-state index contributed by atoms with van der Waals surface area (Å²) in [7, 11) is 0. The van der Waals surface area contributed by atoms with Crippen molar-refractivity contribution in [2.45, 2.75) is 71.1 Å². The van der Waals surface area contributed by atoms with Crippen molar-refractivity contribution < 1.29 is 5.11 Å². The fourth-order valence-electron chi connectivity index (χ4n) is 2.33. The standard InChI is InChI=1S/C12H25NO/c1-4-12(9(2)3)13-10-5-7-11(14)8-6-10/h9-14H,4-8H2,1-3H3/t10?,11?,12-/m1/s1. The van der Waals surface area contributed by atoms with Crippen LogP contribution in [0.4, 0.5) is 0 Å². The first kappa shape index (κ1) is 12.0. The highest BCUT2D eigenvalue weighted by molar-refractivity contribution is 4.80. The predicted molar refractivity (Wildman–Crippen MR) is 60.3 cm³/mol. The molecule has 0 spiro atoms. The van der Waals surface area contributed by atoms with Gasteiger partial charge in [0.15, 0.2) is 0 Å². The number of aliphatic hydroxyl groups excluding tert-OH is 1. The molecule has 1 aliphatic carbocycles. The van der Waals surface area contributed by atoms with Gasteiger partial charge in [-0.25, -0.2) is 0 Å². The second-order valence-corrected chi connectivity index (χ2v) is 4.93. The molecule has 0 amide bonds. The fraction of sp³-hybridized carbons (Fsp3) is 1.00. The molecule has 84 valence electrons. The van der Waals surface area contributed by atoms with Gasteiger partial charge in [-0.2, -0.15) is 0 Å². The van der Waals surface area contributed by atoms with Crippen LogP contribution < -0.4 is 5.32 Å². The maximum atomic E-state index is 9.40. The summed E-state index contributed by atoms with van der Waals surface area (Å²) in [4.78, 5) is 0. The minimum atomic E-state index is -0.0350. The van der Waals surface area contributed by atoms with Crippen molar-refractivity contribution in [2.75, 3.05) is 0 Å². The van der Waals surface area contributed by atoms with E-state index in [9.17, 15) is 5.11 Å². The maximum absolute atomic E-state index is 9.40. The zero-order valence-electron chi connectivity index (χ0n) is 9.79. The zero-order valence-corrected chi connectivity index (χ0v) is 9.79. The van der Waals surface area contributed by atoms with E-state index in [-0.39, 0.29) is 6.10 Å². The summed E-state index contributed by atoms with van der Waals surface area (Å²) < 4.78 is 0. The summed E-state index contributed by atoms with van der Waals surface area (Å²) in [5.41, 5.74) is 0. The first-order valence-corrected chi connectivity index (χ1v) is 6.07. The molecule has 0 aliphatic heterocycles. The molecule has 0 bridgehead atoms. The summed E-state index contributed by atoms with van der Waals surface area (Å²) >= 11 is 0. The van der Waals surface area contributed by atoms with Crippen LogP contribution in [0, 0.1) is 5.92 Å². The molecule has 2 nitrogen and oxygen atoms in total. The molecule has 0 saturated heterocycles. The Morgan fingerprint density at radius 1 is 1.21 bits per heavy atom. The van der Waals surface area contributed by atoms with Gasteiger partial charge in [0.25, 0.3) is 0 Å². The molecule has 0 radical (unpaired) electrons. The third-order valence-electron chi connectivity index (χ3n) is 3.39. The van der Waals surface area contributed by atoms with Gasteiger partial charge in [0.1, 0.15) is 0 Å². The molecule has 0 aromatic rings. The van der Waals surface area contributed by atoms with Crippen molar-refractivity contribution in [2.24, 2.45) is 5.92 Å². The highest BCUT2D eigenvalue weighted by atomic mass is 16.3. The van der Waals surface area contributed by atoms with Crippen LogP contribution in [-0.4, -0.2) is 23.3 Å². The predicted octanol–water partition coefficient (Wildman–Crippen LogP) is 2.31. The first-order chi connectivity index (χ1) is 6.63.